The summed E-state index contributed by atoms with van der Waals surface area (Å²) in [5.74, 6) is 0.464. The Balaban J connectivity index is 1.27. The van der Waals surface area contributed by atoms with Crippen molar-refractivity contribution in [2.45, 2.75) is 56.0 Å². The van der Waals surface area contributed by atoms with Gasteiger partial charge in [0.25, 0.3) is 5.78 Å². The summed E-state index contributed by atoms with van der Waals surface area (Å²) in [6.07, 6.45) is 0.674. The van der Waals surface area contributed by atoms with Crippen LogP contribution in [0.3, 0.4) is 0 Å². The molecule has 2 aliphatic rings. The van der Waals surface area contributed by atoms with Gasteiger partial charge in [0.1, 0.15) is 24.2 Å². The van der Waals surface area contributed by atoms with Crippen LogP contribution in [0.2, 0.25) is 0 Å². The number of rotatable bonds is 11. The highest BCUT2D eigenvalue weighted by Crippen LogP contribution is 2.46. The lowest BCUT2D eigenvalue weighted by Gasteiger charge is -2.24. The minimum absolute atomic E-state index is 0.00284. The molecule has 2 aliphatic heterocycles. The molecule has 0 radical (unpaired) electrons. The number of Topliss-reactive ketones (excluding diaryl/α,β-unsaturated/α-hetero) is 1. The van der Waals surface area contributed by atoms with Gasteiger partial charge in [-0.05, 0) is 73.4 Å². The number of carbonyl (C=O) groups is 2. The smallest absolute Gasteiger partial charge is 0.301 e. The molecule has 7 rings (SSSR count). The number of aliphatic hydroxyl groups is 1. The predicted octanol–water partition coefficient (Wildman–Crippen LogP) is 8.07. The summed E-state index contributed by atoms with van der Waals surface area (Å²) in [7, 11) is 0. The molecule has 1 saturated heterocycles. The molecule has 1 amide bonds. The molecule has 0 bridgehead atoms. The Hall–Kier alpha value is -5.13. The van der Waals surface area contributed by atoms with Crippen molar-refractivity contribution in [3.8, 4) is 17.2 Å². The molecular formula is C39H35N3O6S2. The summed E-state index contributed by atoms with van der Waals surface area (Å²) in [4.78, 5) is 29.2. The third kappa shape index (κ3) is 6.83. The molecule has 4 aromatic carbocycles. The van der Waals surface area contributed by atoms with Crippen molar-refractivity contribution in [1.29, 1.82) is 0 Å². The Morgan fingerprint density at radius 1 is 0.960 bits per heavy atom. The van der Waals surface area contributed by atoms with Crippen molar-refractivity contribution in [2.24, 2.45) is 0 Å². The number of amides is 1. The van der Waals surface area contributed by atoms with E-state index in [-0.39, 0.29) is 22.6 Å². The van der Waals surface area contributed by atoms with Crippen LogP contribution in [-0.4, -0.2) is 39.7 Å². The Morgan fingerprint density at radius 2 is 1.76 bits per heavy atom. The molecule has 0 saturated carbocycles. The quantitative estimate of drug-likeness (QED) is 0.0480. The molecule has 254 valence electrons. The first-order valence-corrected chi connectivity index (χ1v) is 18.2. The maximum absolute atomic E-state index is 13.9. The molecule has 0 unspecified atom stereocenters. The molecular weight excluding hydrogens is 671 g/mol. The van der Waals surface area contributed by atoms with E-state index in [0.717, 1.165) is 22.4 Å². The summed E-state index contributed by atoms with van der Waals surface area (Å²) < 4.78 is 18.7. The van der Waals surface area contributed by atoms with E-state index in [1.54, 1.807) is 30.3 Å². The van der Waals surface area contributed by atoms with Gasteiger partial charge < -0.3 is 19.3 Å². The highest BCUT2D eigenvalue weighted by Gasteiger charge is 2.48. The third-order valence-electron chi connectivity index (χ3n) is 8.52. The first-order valence-electron chi connectivity index (χ1n) is 16.3. The SMILES string of the molecule is CCOc1cc([C@H]2/C(=C(\O)c3ccc4c(c3)C[C@H](C)O4)C(=O)C(=O)N2c2nnc(SCc3ccc(C)cc3)s2)ccc1OCc1ccccc1. The number of carbonyl (C=O) groups excluding carboxylic acids is 2. The van der Waals surface area contributed by atoms with Crippen LogP contribution in [0.5, 0.6) is 17.2 Å². The van der Waals surface area contributed by atoms with Gasteiger partial charge >= 0.3 is 5.91 Å². The zero-order valence-electron chi connectivity index (χ0n) is 27.8. The standard InChI is InChI=1S/C39H35N3O6S2/c1-4-46-32-20-27(14-17-31(32)47-21-25-8-6-5-7-9-25)34-33(35(43)28-15-16-30-29(19-28)18-24(3)48-30)36(44)37(45)42(34)38-40-41-39(50-38)49-22-26-12-10-23(2)11-13-26/h5-17,19-20,24,34,43H,4,18,21-22H2,1-3H3/b35-33+/t24-,34-/m0/s1. The van der Waals surface area contributed by atoms with Crippen LogP contribution in [0.15, 0.2) is 101 Å². The van der Waals surface area contributed by atoms with Gasteiger partial charge in [-0.2, -0.15) is 0 Å². The maximum Gasteiger partial charge on any atom is 0.301 e. The van der Waals surface area contributed by atoms with Crippen LogP contribution in [0.4, 0.5) is 5.13 Å². The normalized spacial score (nSPS) is 17.9. The molecule has 1 fully saturated rings. The summed E-state index contributed by atoms with van der Waals surface area (Å²) in [6.45, 7) is 6.58. The molecule has 9 nitrogen and oxygen atoms in total. The van der Waals surface area contributed by atoms with Gasteiger partial charge in [-0.15, -0.1) is 10.2 Å². The van der Waals surface area contributed by atoms with E-state index in [2.05, 4.69) is 34.5 Å². The number of fused-ring (bicyclic) bond motifs is 1. The Kier molecular flexibility index (Phi) is 9.60. The van der Waals surface area contributed by atoms with Crippen molar-refractivity contribution in [3.05, 3.63) is 130 Å². The van der Waals surface area contributed by atoms with E-state index in [0.29, 0.717) is 52.4 Å². The number of aryl methyl sites for hydroxylation is 1. The van der Waals surface area contributed by atoms with Crippen molar-refractivity contribution in [2.75, 3.05) is 11.5 Å². The van der Waals surface area contributed by atoms with Crippen LogP contribution in [0.25, 0.3) is 5.76 Å². The summed E-state index contributed by atoms with van der Waals surface area (Å²) >= 11 is 2.72. The Labute approximate surface area is 298 Å². The monoisotopic (exact) mass is 705 g/mol. The van der Waals surface area contributed by atoms with Gasteiger partial charge in [0.2, 0.25) is 5.13 Å². The molecule has 11 heteroatoms. The molecule has 2 atom stereocenters. The van der Waals surface area contributed by atoms with Crippen LogP contribution in [-0.2, 0) is 28.4 Å². The zero-order chi connectivity index (χ0) is 34.8. The maximum atomic E-state index is 13.9. The lowest BCUT2D eigenvalue weighted by molar-refractivity contribution is -0.132. The average Bonchev–Trinajstić information content (AvgIpc) is 3.82. The van der Waals surface area contributed by atoms with Crippen LogP contribution in [0, 0.1) is 6.92 Å². The molecule has 3 heterocycles. The highest BCUT2D eigenvalue weighted by molar-refractivity contribution is 8.00. The molecule has 1 N–H and O–H groups in total. The topological polar surface area (TPSA) is 111 Å². The van der Waals surface area contributed by atoms with E-state index in [1.165, 1.54) is 33.6 Å². The summed E-state index contributed by atoms with van der Waals surface area (Å²) in [5, 5.41) is 20.8. The molecule has 5 aromatic rings. The van der Waals surface area contributed by atoms with Gasteiger partial charge in [0.15, 0.2) is 15.8 Å². The minimum atomic E-state index is -1.01. The zero-order valence-corrected chi connectivity index (χ0v) is 29.4. The number of hydrogen-bond acceptors (Lipinski definition) is 10. The second-order valence-electron chi connectivity index (χ2n) is 12.2. The van der Waals surface area contributed by atoms with Crippen molar-refractivity contribution < 1.29 is 28.9 Å². The van der Waals surface area contributed by atoms with E-state index in [9.17, 15) is 14.7 Å². The van der Waals surface area contributed by atoms with Crippen molar-refractivity contribution in [1.82, 2.24) is 10.2 Å². The minimum Gasteiger partial charge on any atom is -0.507 e. The van der Waals surface area contributed by atoms with E-state index in [4.69, 9.17) is 14.2 Å². The second kappa shape index (κ2) is 14.4. The predicted molar refractivity (Wildman–Crippen MR) is 194 cm³/mol. The van der Waals surface area contributed by atoms with Crippen LogP contribution < -0.4 is 19.1 Å². The van der Waals surface area contributed by atoms with E-state index < -0.39 is 17.7 Å². The Bertz CT molecular complexity index is 2080. The van der Waals surface area contributed by atoms with Gasteiger partial charge in [-0.1, -0.05) is 89.3 Å². The van der Waals surface area contributed by atoms with E-state index >= 15 is 0 Å². The fraction of sp³-hybridized carbons (Fsp3) is 0.231. The molecule has 0 spiro atoms. The third-order valence-corrected chi connectivity index (χ3v) is 10.6. The number of benzene rings is 4. The number of hydrogen-bond donors (Lipinski definition) is 1. The van der Waals surface area contributed by atoms with Gasteiger partial charge in [0, 0.05) is 17.7 Å². The van der Waals surface area contributed by atoms with Crippen molar-refractivity contribution >= 4 is 45.7 Å². The number of nitrogens with zero attached hydrogens (tertiary/aromatic N) is 3. The first-order chi connectivity index (χ1) is 24.3. The number of aliphatic hydroxyl groups excluding tert-OH is 1. The van der Waals surface area contributed by atoms with Crippen LogP contribution >= 0.6 is 23.1 Å². The second-order valence-corrected chi connectivity index (χ2v) is 14.3. The number of anilines is 1. The molecule has 1 aromatic heterocycles. The van der Waals surface area contributed by atoms with Gasteiger partial charge in [-0.25, -0.2) is 0 Å². The van der Waals surface area contributed by atoms with Gasteiger partial charge in [0.05, 0.1) is 18.2 Å². The number of thioether (sulfide) groups is 1. The lowest BCUT2D eigenvalue weighted by atomic mass is 9.94. The van der Waals surface area contributed by atoms with Crippen molar-refractivity contribution in [3.63, 3.8) is 0 Å². The lowest BCUT2D eigenvalue weighted by Crippen LogP contribution is -2.29. The highest BCUT2D eigenvalue weighted by atomic mass is 32.2. The molecule has 50 heavy (non-hydrogen) atoms. The van der Waals surface area contributed by atoms with Gasteiger partial charge in [-0.3, -0.25) is 14.5 Å². The summed E-state index contributed by atoms with van der Waals surface area (Å²) in [6, 6.07) is 27.6. The number of aromatic nitrogens is 2. The largest absolute Gasteiger partial charge is 0.507 e. The fourth-order valence-corrected chi connectivity index (χ4v) is 7.90. The van der Waals surface area contributed by atoms with Crippen LogP contribution in [0.1, 0.15) is 53.3 Å². The first kappa shape index (κ1) is 33.4. The average molecular weight is 706 g/mol. The molecule has 0 aliphatic carbocycles. The Morgan fingerprint density at radius 3 is 2.54 bits per heavy atom. The fourth-order valence-electron chi connectivity index (χ4n) is 6.08. The number of ether oxygens (including phenoxy) is 3. The summed E-state index contributed by atoms with van der Waals surface area (Å²) in [5.41, 5.74) is 5.14. The van der Waals surface area contributed by atoms with E-state index in [1.807, 2.05) is 57.2 Å². The number of ketones is 1.